The van der Waals surface area contributed by atoms with Gasteiger partial charge in [-0.3, -0.25) is 0 Å². The Morgan fingerprint density at radius 2 is 2.06 bits per heavy atom. The van der Waals surface area contributed by atoms with Gasteiger partial charge < -0.3 is 10.4 Å². The second-order valence-corrected chi connectivity index (χ2v) is 4.61. The normalized spacial score (nSPS) is 20.9. The standard InChI is InChI=1S/C14H21NO/c16-10-2-3-12-5-7-13(8-6-12)14-4-1-9-15-11-14/h5-8,14-16H,1-4,9-11H2. The summed E-state index contributed by atoms with van der Waals surface area (Å²) in [5.74, 6) is 0.695. The molecular formula is C14H21NO. The topological polar surface area (TPSA) is 32.3 Å². The summed E-state index contributed by atoms with van der Waals surface area (Å²) in [6.45, 7) is 2.58. The van der Waals surface area contributed by atoms with Crippen molar-refractivity contribution in [3.05, 3.63) is 35.4 Å². The van der Waals surface area contributed by atoms with E-state index in [-0.39, 0.29) is 6.61 Å². The zero-order valence-corrected chi connectivity index (χ0v) is 9.78. The Bertz CT molecular complexity index is 301. The lowest BCUT2D eigenvalue weighted by atomic mass is 9.91. The third kappa shape index (κ3) is 3.06. The van der Waals surface area contributed by atoms with Crippen molar-refractivity contribution in [2.24, 2.45) is 0 Å². The van der Waals surface area contributed by atoms with Gasteiger partial charge in [0.15, 0.2) is 0 Å². The first kappa shape index (κ1) is 11.6. The molecule has 0 radical (unpaired) electrons. The number of hydrogen-bond donors (Lipinski definition) is 2. The first-order valence-electron chi connectivity index (χ1n) is 6.30. The summed E-state index contributed by atoms with van der Waals surface area (Å²) in [6.07, 6.45) is 4.45. The number of hydrogen-bond acceptors (Lipinski definition) is 2. The van der Waals surface area contributed by atoms with Crippen molar-refractivity contribution in [3.8, 4) is 0 Å². The van der Waals surface area contributed by atoms with Crippen LogP contribution in [-0.2, 0) is 6.42 Å². The van der Waals surface area contributed by atoms with Gasteiger partial charge in [-0.2, -0.15) is 0 Å². The van der Waals surface area contributed by atoms with E-state index in [1.807, 2.05) is 0 Å². The van der Waals surface area contributed by atoms with E-state index >= 15 is 0 Å². The van der Waals surface area contributed by atoms with E-state index in [9.17, 15) is 0 Å². The summed E-state index contributed by atoms with van der Waals surface area (Å²) in [6, 6.07) is 8.92. The first-order chi connectivity index (χ1) is 7.90. The predicted octanol–water partition coefficient (Wildman–Crippen LogP) is 2.08. The predicted molar refractivity (Wildman–Crippen MR) is 66.7 cm³/mol. The summed E-state index contributed by atoms with van der Waals surface area (Å²) in [5, 5.41) is 12.2. The van der Waals surface area contributed by atoms with Crippen LogP contribution in [0.1, 0.15) is 36.3 Å². The minimum absolute atomic E-state index is 0.286. The van der Waals surface area contributed by atoms with Crippen LogP contribution in [0, 0.1) is 0 Å². The number of benzene rings is 1. The summed E-state index contributed by atoms with van der Waals surface area (Å²) >= 11 is 0. The Labute approximate surface area is 97.7 Å². The van der Waals surface area contributed by atoms with Gasteiger partial charge in [0, 0.05) is 13.2 Å². The molecule has 2 nitrogen and oxygen atoms in total. The number of rotatable bonds is 4. The Kier molecular flexibility index (Phi) is 4.37. The summed E-state index contributed by atoms with van der Waals surface area (Å²) in [4.78, 5) is 0. The van der Waals surface area contributed by atoms with Gasteiger partial charge in [-0.15, -0.1) is 0 Å². The van der Waals surface area contributed by atoms with Crippen LogP contribution in [-0.4, -0.2) is 24.8 Å². The molecule has 0 aromatic heterocycles. The number of aliphatic hydroxyl groups is 1. The Hall–Kier alpha value is -0.860. The highest BCUT2D eigenvalue weighted by Crippen LogP contribution is 2.23. The molecule has 1 aromatic carbocycles. The molecule has 2 N–H and O–H groups in total. The molecule has 1 unspecified atom stereocenters. The van der Waals surface area contributed by atoms with Crippen molar-refractivity contribution in [3.63, 3.8) is 0 Å². The van der Waals surface area contributed by atoms with Crippen LogP contribution in [0.5, 0.6) is 0 Å². The molecular weight excluding hydrogens is 198 g/mol. The number of nitrogens with one attached hydrogen (secondary N) is 1. The van der Waals surface area contributed by atoms with E-state index in [2.05, 4.69) is 29.6 Å². The molecule has 1 fully saturated rings. The van der Waals surface area contributed by atoms with Gasteiger partial charge in [-0.05, 0) is 49.3 Å². The fraction of sp³-hybridized carbons (Fsp3) is 0.571. The summed E-state index contributed by atoms with van der Waals surface area (Å²) in [7, 11) is 0. The molecule has 0 saturated carbocycles. The maximum Gasteiger partial charge on any atom is 0.0434 e. The molecule has 0 aliphatic carbocycles. The number of aryl methyl sites for hydroxylation is 1. The molecule has 0 spiro atoms. The van der Waals surface area contributed by atoms with Crippen molar-refractivity contribution < 1.29 is 5.11 Å². The lowest BCUT2D eigenvalue weighted by molar-refractivity contribution is 0.288. The van der Waals surface area contributed by atoms with Crippen molar-refractivity contribution in [1.29, 1.82) is 0 Å². The van der Waals surface area contributed by atoms with E-state index in [0.717, 1.165) is 19.4 Å². The largest absolute Gasteiger partial charge is 0.396 e. The minimum atomic E-state index is 0.286. The monoisotopic (exact) mass is 219 g/mol. The summed E-state index contributed by atoms with van der Waals surface area (Å²) < 4.78 is 0. The van der Waals surface area contributed by atoms with Crippen LogP contribution in [0.15, 0.2) is 24.3 Å². The number of aliphatic hydroxyl groups excluding tert-OH is 1. The van der Waals surface area contributed by atoms with Gasteiger partial charge >= 0.3 is 0 Å². The van der Waals surface area contributed by atoms with E-state index in [1.54, 1.807) is 0 Å². The fourth-order valence-corrected chi connectivity index (χ4v) is 2.38. The van der Waals surface area contributed by atoms with Crippen LogP contribution in [0.3, 0.4) is 0 Å². The number of piperidine rings is 1. The van der Waals surface area contributed by atoms with Crippen LogP contribution in [0.2, 0.25) is 0 Å². The lowest BCUT2D eigenvalue weighted by Gasteiger charge is -2.23. The van der Waals surface area contributed by atoms with Gasteiger partial charge in [0.2, 0.25) is 0 Å². The molecule has 2 heteroatoms. The van der Waals surface area contributed by atoms with E-state index < -0.39 is 0 Å². The highest BCUT2D eigenvalue weighted by molar-refractivity contribution is 5.26. The molecule has 1 aromatic rings. The molecule has 1 atom stereocenters. The Morgan fingerprint density at radius 1 is 1.25 bits per heavy atom. The lowest BCUT2D eigenvalue weighted by Crippen LogP contribution is -2.28. The second-order valence-electron chi connectivity index (χ2n) is 4.61. The van der Waals surface area contributed by atoms with Crippen LogP contribution >= 0.6 is 0 Å². The molecule has 16 heavy (non-hydrogen) atoms. The van der Waals surface area contributed by atoms with Crippen LogP contribution in [0.25, 0.3) is 0 Å². The van der Waals surface area contributed by atoms with Crippen molar-refractivity contribution in [2.75, 3.05) is 19.7 Å². The third-order valence-electron chi connectivity index (χ3n) is 3.37. The van der Waals surface area contributed by atoms with Crippen LogP contribution in [0.4, 0.5) is 0 Å². The van der Waals surface area contributed by atoms with Crippen LogP contribution < -0.4 is 5.32 Å². The smallest absolute Gasteiger partial charge is 0.0434 e. The molecule has 88 valence electrons. The highest BCUT2D eigenvalue weighted by Gasteiger charge is 2.14. The highest BCUT2D eigenvalue weighted by atomic mass is 16.2. The maximum absolute atomic E-state index is 8.78. The van der Waals surface area contributed by atoms with Gasteiger partial charge in [0.1, 0.15) is 0 Å². The molecule has 1 aliphatic heterocycles. The minimum Gasteiger partial charge on any atom is -0.396 e. The molecule has 0 bridgehead atoms. The summed E-state index contributed by atoms with van der Waals surface area (Å²) in [5.41, 5.74) is 2.79. The molecule has 1 saturated heterocycles. The Morgan fingerprint density at radius 3 is 2.69 bits per heavy atom. The first-order valence-corrected chi connectivity index (χ1v) is 6.30. The maximum atomic E-state index is 8.78. The van der Waals surface area contributed by atoms with E-state index in [4.69, 9.17) is 5.11 Å². The average Bonchev–Trinajstić information content (AvgIpc) is 2.38. The molecule has 2 rings (SSSR count). The fourth-order valence-electron chi connectivity index (χ4n) is 2.38. The zero-order valence-electron chi connectivity index (χ0n) is 9.78. The van der Waals surface area contributed by atoms with Crippen molar-refractivity contribution in [2.45, 2.75) is 31.6 Å². The molecule has 1 heterocycles. The molecule has 1 aliphatic rings. The van der Waals surface area contributed by atoms with Gasteiger partial charge in [-0.25, -0.2) is 0 Å². The van der Waals surface area contributed by atoms with Gasteiger partial charge in [0.25, 0.3) is 0 Å². The van der Waals surface area contributed by atoms with Crippen molar-refractivity contribution >= 4 is 0 Å². The van der Waals surface area contributed by atoms with Crippen molar-refractivity contribution in [1.82, 2.24) is 5.32 Å². The Balaban J connectivity index is 1.95. The second kappa shape index (κ2) is 6.02. The zero-order chi connectivity index (χ0) is 11.2. The van der Waals surface area contributed by atoms with E-state index in [1.165, 1.54) is 30.5 Å². The van der Waals surface area contributed by atoms with Gasteiger partial charge in [-0.1, -0.05) is 24.3 Å². The van der Waals surface area contributed by atoms with Gasteiger partial charge in [0.05, 0.1) is 0 Å². The molecule has 0 amide bonds. The van der Waals surface area contributed by atoms with E-state index in [0.29, 0.717) is 5.92 Å². The average molecular weight is 219 g/mol. The third-order valence-corrected chi connectivity index (χ3v) is 3.37. The quantitative estimate of drug-likeness (QED) is 0.812. The SMILES string of the molecule is OCCCc1ccc(C2CCCNC2)cc1.